The van der Waals surface area contributed by atoms with Gasteiger partial charge in [0.2, 0.25) is 0 Å². The lowest BCUT2D eigenvalue weighted by molar-refractivity contribution is -0.119. The maximum absolute atomic E-state index is 12.6. The third-order valence-corrected chi connectivity index (χ3v) is 6.09. The number of nitrogens with two attached hydrogens (primary N) is 1. The summed E-state index contributed by atoms with van der Waals surface area (Å²) in [5, 5.41) is 9.28. The van der Waals surface area contributed by atoms with Crippen LogP contribution in [0.2, 0.25) is 0 Å². The summed E-state index contributed by atoms with van der Waals surface area (Å²) in [6.07, 6.45) is -0.812. The van der Waals surface area contributed by atoms with Crippen LogP contribution < -0.4 is 5.73 Å². The van der Waals surface area contributed by atoms with Crippen molar-refractivity contribution in [1.82, 2.24) is 4.31 Å². The number of nitrogens with zero attached hydrogens (tertiary/aromatic N) is 1. The quantitative estimate of drug-likeness (QED) is 0.832. The number of benzene rings is 1. The van der Waals surface area contributed by atoms with Crippen molar-refractivity contribution in [2.24, 2.45) is 11.7 Å². The molecule has 2 atom stereocenters. The van der Waals surface area contributed by atoms with Crippen molar-refractivity contribution >= 4 is 21.9 Å². The summed E-state index contributed by atoms with van der Waals surface area (Å²) < 4.78 is 25.7. The van der Waals surface area contributed by atoms with Crippen molar-refractivity contribution in [2.45, 2.75) is 43.5 Å². The summed E-state index contributed by atoms with van der Waals surface area (Å²) in [5.74, 6) is -0.0277. The van der Waals surface area contributed by atoms with Crippen molar-refractivity contribution in [3.8, 4) is 0 Å². The lowest BCUT2D eigenvalue weighted by Crippen LogP contribution is -2.48. The third-order valence-electron chi connectivity index (χ3n) is 4.03. The first-order valence-corrected chi connectivity index (χ1v) is 9.05. The second-order valence-electron chi connectivity index (χ2n) is 6.91. The highest BCUT2D eigenvalue weighted by atomic mass is 32.2. The predicted octanol–water partition coefficient (Wildman–Crippen LogP) is 1.79. The Morgan fingerprint density at radius 2 is 1.79 bits per heavy atom. The number of rotatable bonds is 5. The van der Waals surface area contributed by atoms with Gasteiger partial charge in [0.15, 0.2) is 0 Å². The fourth-order valence-electron chi connectivity index (χ4n) is 2.81. The molecule has 132 valence electrons. The molecule has 2 rings (SSSR count). The van der Waals surface area contributed by atoms with E-state index < -0.39 is 21.7 Å². The van der Waals surface area contributed by atoms with Crippen molar-refractivity contribution in [3.05, 3.63) is 29.8 Å². The molecule has 0 aromatic heterocycles. The molecular weight excluding hydrogens is 332 g/mol. The van der Waals surface area contributed by atoms with E-state index in [9.17, 15) is 23.1 Å². The number of carbonyl (C=O) groups is 2. The minimum absolute atomic E-state index is 0.00137. The summed E-state index contributed by atoms with van der Waals surface area (Å²) in [7, 11) is -4.17. The molecule has 0 saturated heterocycles. The highest BCUT2D eigenvalue weighted by Gasteiger charge is 2.43. The van der Waals surface area contributed by atoms with Crippen molar-refractivity contribution in [2.75, 3.05) is 6.54 Å². The van der Waals surface area contributed by atoms with Gasteiger partial charge in [-0.3, -0.25) is 4.79 Å². The molecule has 3 N–H and O–H groups in total. The van der Waals surface area contributed by atoms with Crippen LogP contribution in [0.3, 0.4) is 0 Å². The minimum Gasteiger partial charge on any atom is -0.464 e. The van der Waals surface area contributed by atoms with Gasteiger partial charge in [0.1, 0.15) is 5.78 Å². The number of amides is 1. The number of sulfonamides is 1. The zero-order chi connectivity index (χ0) is 18.3. The molecule has 1 saturated carbocycles. The highest BCUT2D eigenvalue weighted by molar-refractivity contribution is 7.89. The van der Waals surface area contributed by atoms with Crippen LogP contribution in [0, 0.1) is 5.92 Å². The zero-order valence-electron chi connectivity index (χ0n) is 13.9. The standard InChI is InChI=1S/C16H22N2O5S/c1-16(2,3)18(15(20)21)24(22,23)11-6-4-10(5-7-11)12-8-13(12)14(19)9-17/h4-7,12-13H,8-9,17H2,1-3H3,(H,20,21)/t12-,13+/m0/s1. The average molecular weight is 354 g/mol. The van der Waals surface area contributed by atoms with Crippen molar-refractivity contribution in [3.63, 3.8) is 0 Å². The fourth-order valence-corrected chi connectivity index (χ4v) is 4.43. The molecule has 1 amide bonds. The van der Waals surface area contributed by atoms with Crippen molar-refractivity contribution < 1.29 is 23.1 Å². The Balaban J connectivity index is 2.27. The lowest BCUT2D eigenvalue weighted by atomic mass is 10.1. The number of Topliss-reactive ketones (excluding diaryl/α,β-unsaturated/α-hetero) is 1. The molecule has 8 heteroatoms. The molecule has 0 unspecified atom stereocenters. The lowest BCUT2D eigenvalue weighted by Gasteiger charge is -2.31. The molecular formula is C16H22N2O5S. The summed E-state index contributed by atoms with van der Waals surface area (Å²) in [4.78, 5) is 22.9. The van der Waals surface area contributed by atoms with E-state index in [1.807, 2.05) is 0 Å². The number of ketones is 1. The van der Waals surface area contributed by atoms with E-state index in [-0.39, 0.29) is 29.1 Å². The Morgan fingerprint density at radius 1 is 1.25 bits per heavy atom. The maximum atomic E-state index is 12.6. The van der Waals surface area contributed by atoms with E-state index >= 15 is 0 Å². The molecule has 0 radical (unpaired) electrons. The molecule has 1 aliphatic carbocycles. The van der Waals surface area contributed by atoms with E-state index in [1.54, 1.807) is 12.1 Å². The van der Waals surface area contributed by atoms with Crippen LogP contribution in [0.25, 0.3) is 0 Å². The number of hydrogen-bond donors (Lipinski definition) is 2. The average Bonchev–Trinajstić information content (AvgIpc) is 3.24. The molecule has 0 heterocycles. The van der Waals surface area contributed by atoms with E-state index in [0.29, 0.717) is 10.7 Å². The largest absolute Gasteiger partial charge is 0.464 e. The van der Waals surface area contributed by atoms with Gasteiger partial charge in [-0.25, -0.2) is 13.2 Å². The van der Waals surface area contributed by atoms with Crippen LogP contribution in [-0.2, 0) is 14.8 Å². The summed E-state index contributed by atoms with van der Waals surface area (Å²) in [6.45, 7) is 4.55. The normalized spacial score (nSPS) is 20.5. The molecule has 1 fully saturated rings. The van der Waals surface area contributed by atoms with Crippen LogP contribution in [0.5, 0.6) is 0 Å². The maximum Gasteiger partial charge on any atom is 0.421 e. The predicted molar refractivity (Wildman–Crippen MR) is 88.2 cm³/mol. The van der Waals surface area contributed by atoms with E-state index in [0.717, 1.165) is 5.56 Å². The van der Waals surface area contributed by atoms with Crippen LogP contribution in [-0.4, -0.2) is 41.8 Å². The van der Waals surface area contributed by atoms with Crippen LogP contribution >= 0.6 is 0 Å². The zero-order valence-corrected chi connectivity index (χ0v) is 14.7. The van der Waals surface area contributed by atoms with Gasteiger partial charge < -0.3 is 10.8 Å². The first kappa shape index (κ1) is 18.4. The highest BCUT2D eigenvalue weighted by Crippen LogP contribution is 2.48. The molecule has 0 bridgehead atoms. The minimum atomic E-state index is -4.17. The van der Waals surface area contributed by atoms with Gasteiger partial charge in [-0.2, -0.15) is 4.31 Å². The number of hydrogen-bond acceptors (Lipinski definition) is 5. The Morgan fingerprint density at radius 3 is 2.21 bits per heavy atom. The molecule has 1 aromatic carbocycles. The van der Waals surface area contributed by atoms with Crippen LogP contribution in [0.15, 0.2) is 29.2 Å². The van der Waals surface area contributed by atoms with Gasteiger partial charge in [-0.05, 0) is 50.8 Å². The number of carboxylic acid groups (broad SMARTS) is 1. The van der Waals surface area contributed by atoms with Crippen molar-refractivity contribution in [1.29, 1.82) is 0 Å². The van der Waals surface area contributed by atoms with Crippen LogP contribution in [0.1, 0.15) is 38.7 Å². The van der Waals surface area contributed by atoms with Gasteiger partial charge in [-0.15, -0.1) is 0 Å². The topological polar surface area (TPSA) is 118 Å². The first-order chi connectivity index (χ1) is 11.0. The third kappa shape index (κ3) is 3.44. The molecule has 24 heavy (non-hydrogen) atoms. The Bertz CT molecular complexity index is 750. The molecule has 1 aromatic rings. The second kappa shape index (κ2) is 6.18. The van der Waals surface area contributed by atoms with E-state index in [4.69, 9.17) is 5.73 Å². The van der Waals surface area contributed by atoms with Gasteiger partial charge in [0.05, 0.1) is 17.0 Å². The van der Waals surface area contributed by atoms with E-state index in [1.165, 1.54) is 32.9 Å². The Kier molecular flexibility index (Phi) is 4.74. The monoisotopic (exact) mass is 354 g/mol. The first-order valence-electron chi connectivity index (χ1n) is 7.61. The summed E-state index contributed by atoms with van der Waals surface area (Å²) in [6, 6.07) is 6.03. The van der Waals surface area contributed by atoms with Gasteiger partial charge in [-0.1, -0.05) is 12.1 Å². The summed E-state index contributed by atoms with van der Waals surface area (Å²) >= 11 is 0. The Labute approximate surface area is 141 Å². The summed E-state index contributed by atoms with van der Waals surface area (Å²) in [5.41, 5.74) is 5.11. The van der Waals surface area contributed by atoms with Gasteiger partial charge in [0, 0.05) is 5.92 Å². The number of carbonyl (C=O) groups excluding carboxylic acids is 1. The van der Waals surface area contributed by atoms with Gasteiger partial charge in [0.25, 0.3) is 10.0 Å². The van der Waals surface area contributed by atoms with Gasteiger partial charge >= 0.3 is 6.09 Å². The molecule has 7 nitrogen and oxygen atoms in total. The second-order valence-corrected chi connectivity index (χ2v) is 8.70. The fraction of sp³-hybridized carbons (Fsp3) is 0.500. The molecule has 0 aliphatic heterocycles. The smallest absolute Gasteiger partial charge is 0.421 e. The molecule has 1 aliphatic rings. The SMILES string of the molecule is CC(C)(C)N(C(=O)O)S(=O)(=O)c1ccc([C@@H]2C[C@H]2C(=O)CN)cc1. The molecule has 0 spiro atoms. The van der Waals surface area contributed by atoms with Crippen LogP contribution in [0.4, 0.5) is 4.79 Å². The van der Waals surface area contributed by atoms with E-state index in [2.05, 4.69) is 0 Å². The Hall–Kier alpha value is -1.93.